The number of hydrazine groups is 1. The standard InChI is InChI=1S/C22H19N5O4/c1-22(16-10-6-3-7-11-16)20(30)27(21(31)23-22)25-18(28)14-26-19(29)13-12-17(24-26)15-8-4-2-5-9-15/h2-13H,14H2,1H3,(H,23,31)(H,25,28). The molecule has 0 saturated carbocycles. The first-order valence-electron chi connectivity index (χ1n) is 9.54. The second-order valence-corrected chi connectivity index (χ2v) is 7.18. The second-order valence-electron chi connectivity index (χ2n) is 7.18. The van der Waals surface area contributed by atoms with Crippen molar-refractivity contribution in [1.29, 1.82) is 0 Å². The summed E-state index contributed by atoms with van der Waals surface area (Å²) < 4.78 is 0.979. The molecule has 1 aliphatic rings. The Labute approximate surface area is 177 Å². The number of carbonyl (C=O) groups is 3. The van der Waals surface area contributed by atoms with Crippen molar-refractivity contribution in [2.75, 3.05) is 0 Å². The number of hydrogen-bond acceptors (Lipinski definition) is 5. The van der Waals surface area contributed by atoms with Crippen molar-refractivity contribution in [3.05, 3.63) is 88.7 Å². The Kier molecular flexibility index (Phi) is 5.08. The number of urea groups is 1. The molecule has 2 heterocycles. The fourth-order valence-electron chi connectivity index (χ4n) is 3.33. The van der Waals surface area contributed by atoms with E-state index in [2.05, 4.69) is 15.8 Å². The van der Waals surface area contributed by atoms with Crippen LogP contribution in [0.3, 0.4) is 0 Å². The molecular formula is C22H19N5O4. The zero-order valence-corrected chi connectivity index (χ0v) is 16.6. The van der Waals surface area contributed by atoms with Gasteiger partial charge in [0.15, 0.2) is 0 Å². The van der Waals surface area contributed by atoms with Crippen LogP contribution in [0.15, 0.2) is 77.6 Å². The van der Waals surface area contributed by atoms with Gasteiger partial charge in [0, 0.05) is 11.6 Å². The first-order chi connectivity index (χ1) is 14.9. The summed E-state index contributed by atoms with van der Waals surface area (Å²) in [6.07, 6.45) is 0. The minimum atomic E-state index is -1.31. The van der Waals surface area contributed by atoms with E-state index in [1.807, 2.05) is 30.3 Å². The van der Waals surface area contributed by atoms with E-state index in [1.165, 1.54) is 6.07 Å². The molecule has 0 spiro atoms. The van der Waals surface area contributed by atoms with Gasteiger partial charge < -0.3 is 5.32 Å². The van der Waals surface area contributed by atoms with Crippen LogP contribution in [0.1, 0.15) is 12.5 Å². The van der Waals surface area contributed by atoms with Gasteiger partial charge in [0.1, 0.15) is 12.1 Å². The van der Waals surface area contributed by atoms with E-state index >= 15 is 0 Å². The highest BCUT2D eigenvalue weighted by atomic mass is 16.2. The Morgan fingerprint density at radius 3 is 2.29 bits per heavy atom. The number of carbonyl (C=O) groups excluding carboxylic acids is 3. The first-order valence-corrected chi connectivity index (χ1v) is 9.54. The summed E-state index contributed by atoms with van der Waals surface area (Å²) in [6.45, 7) is 1.10. The van der Waals surface area contributed by atoms with Crippen LogP contribution in [-0.4, -0.2) is 32.6 Å². The summed E-state index contributed by atoms with van der Waals surface area (Å²) in [4.78, 5) is 49.9. The molecule has 1 aliphatic heterocycles. The smallest absolute Gasteiger partial charge is 0.318 e. The molecule has 2 N–H and O–H groups in total. The summed E-state index contributed by atoms with van der Waals surface area (Å²) >= 11 is 0. The molecule has 0 aliphatic carbocycles. The van der Waals surface area contributed by atoms with Crippen LogP contribution in [-0.2, 0) is 21.7 Å². The second kappa shape index (κ2) is 7.86. The van der Waals surface area contributed by atoms with E-state index in [4.69, 9.17) is 0 Å². The summed E-state index contributed by atoms with van der Waals surface area (Å²) in [5.74, 6) is -1.36. The lowest BCUT2D eigenvalue weighted by Crippen LogP contribution is -2.49. The lowest BCUT2D eigenvalue weighted by molar-refractivity contribution is -0.139. The summed E-state index contributed by atoms with van der Waals surface area (Å²) in [7, 11) is 0. The highest BCUT2D eigenvalue weighted by Gasteiger charge is 2.49. The van der Waals surface area contributed by atoms with Gasteiger partial charge in [-0.05, 0) is 18.6 Å². The molecule has 1 aromatic heterocycles. The molecule has 1 fully saturated rings. The van der Waals surface area contributed by atoms with Gasteiger partial charge >= 0.3 is 6.03 Å². The molecule has 4 rings (SSSR count). The number of benzene rings is 2. The molecule has 2 aromatic carbocycles. The fraction of sp³-hybridized carbons (Fsp3) is 0.136. The lowest BCUT2D eigenvalue weighted by atomic mass is 9.92. The normalized spacial score (nSPS) is 18.0. The van der Waals surface area contributed by atoms with Crippen LogP contribution in [0, 0.1) is 0 Å². The highest BCUT2D eigenvalue weighted by molar-refractivity contribution is 6.08. The number of amides is 4. The van der Waals surface area contributed by atoms with Gasteiger partial charge in [0.05, 0.1) is 5.69 Å². The van der Waals surface area contributed by atoms with Crippen molar-refractivity contribution in [3.8, 4) is 11.3 Å². The molecule has 1 saturated heterocycles. The minimum Gasteiger partial charge on any atom is -0.318 e. The van der Waals surface area contributed by atoms with Gasteiger partial charge in [-0.25, -0.2) is 9.48 Å². The molecule has 0 radical (unpaired) electrons. The summed E-state index contributed by atoms with van der Waals surface area (Å²) in [5.41, 5.74) is 2.35. The number of imide groups is 1. The zero-order valence-electron chi connectivity index (χ0n) is 16.6. The van der Waals surface area contributed by atoms with E-state index in [0.29, 0.717) is 16.3 Å². The average Bonchev–Trinajstić information content (AvgIpc) is 3.00. The third-order valence-corrected chi connectivity index (χ3v) is 5.01. The van der Waals surface area contributed by atoms with Gasteiger partial charge in [0.2, 0.25) is 0 Å². The van der Waals surface area contributed by atoms with Crippen molar-refractivity contribution in [3.63, 3.8) is 0 Å². The summed E-state index contributed by atoms with van der Waals surface area (Å²) in [6, 6.07) is 20.0. The zero-order chi connectivity index (χ0) is 22.0. The van der Waals surface area contributed by atoms with E-state index < -0.39 is 35.5 Å². The molecule has 0 bridgehead atoms. The predicted octanol–water partition coefficient (Wildman–Crippen LogP) is 1.41. The van der Waals surface area contributed by atoms with E-state index in [1.54, 1.807) is 43.3 Å². The Balaban J connectivity index is 1.51. The van der Waals surface area contributed by atoms with E-state index in [-0.39, 0.29) is 0 Å². The molecule has 1 unspecified atom stereocenters. The molecule has 3 aromatic rings. The van der Waals surface area contributed by atoms with E-state index in [9.17, 15) is 19.2 Å². The quantitative estimate of drug-likeness (QED) is 0.610. The van der Waals surface area contributed by atoms with Crippen LogP contribution in [0.2, 0.25) is 0 Å². The van der Waals surface area contributed by atoms with Crippen LogP contribution >= 0.6 is 0 Å². The Morgan fingerprint density at radius 1 is 0.968 bits per heavy atom. The number of rotatable bonds is 5. The third-order valence-electron chi connectivity index (χ3n) is 5.01. The van der Waals surface area contributed by atoms with Gasteiger partial charge in [-0.1, -0.05) is 60.7 Å². The molecule has 9 heteroatoms. The number of nitrogens with one attached hydrogen (secondary N) is 2. The van der Waals surface area contributed by atoms with Gasteiger partial charge in [0.25, 0.3) is 17.4 Å². The van der Waals surface area contributed by atoms with E-state index in [0.717, 1.165) is 10.2 Å². The topological polar surface area (TPSA) is 113 Å². The van der Waals surface area contributed by atoms with Crippen molar-refractivity contribution in [2.45, 2.75) is 19.0 Å². The van der Waals surface area contributed by atoms with Crippen molar-refractivity contribution in [2.24, 2.45) is 0 Å². The van der Waals surface area contributed by atoms with Crippen LogP contribution in [0.25, 0.3) is 11.3 Å². The molecule has 31 heavy (non-hydrogen) atoms. The number of nitrogens with zero attached hydrogens (tertiary/aromatic N) is 3. The SMILES string of the molecule is CC1(c2ccccc2)NC(=O)N(NC(=O)Cn2nc(-c3ccccc3)ccc2=O)C1=O. The molecule has 156 valence electrons. The van der Waals surface area contributed by atoms with Crippen molar-refractivity contribution < 1.29 is 14.4 Å². The molecule has 9 nitrogen and oxygen atoms in total. The number of aromatic nitrogens is 2. The predicted molar refractivity (Wildman–Crippen MR) is 111 cm³/mol. The van der Waals surface area contributed by atoms with Gasteiger partial charge in [-0.15, -0.1) is 0 Å². The van der Waals surface area contributed by atoms with Crippen LogP contribution in [0.4, 0.5) is 4.79 Å². The maximum absolute atomic E-state index is 12.9. The Bertz CT molecular complexity index is 1210. The van der Waals surface area contributed by atoms with Crippen LogP contribution in [0.5, 0.6) is 0 Å². The molecule has 1 atom stereocenters. The van der Waals surface area contributed by atoms with Gasteiger partial charge in [-0.3, -0.25) is 19.8 Å². The summed E-state index contributed by atoms with van der Waals surface area (Å²) in [5, 5.41) is 7.43. The maximum atomic E-state index is 12.9. The fourth-order valence-corrected chi connectivity index (χ4v) is 3.33. The minimum absolute atomic E-state index is 0.460. The van der Waals surface area contributed by atoms with Crippen LogP contribution < -0.4 is 16.3 Å². The highest BCUT2D eigenvalue weighted by Crippen LogP contribution is 2.27. The lowest BCUT2D eigenvalue weighted by Gasteiger charge is -2.22. The van der Waals surface area contributed by atoms with Crippen molar-refractivity contribution in [1.82, 2.24) is 25.5 Å². The maximum Gasteiger partial charge on any atom is 0.344 e. The molecule has 4 amide bonds. The third kappa shape index (κ3) is 3.80. The van der Waals surface area contributed by atoms with Crippen molar-refractivity contribution >= 4 is 17.8 Å². The van der Waals surface area contributed by atoms with Gasteiger partial charge in [-0.2, -0.15) is 10.1 Å². The first kappa shape index (κ1) is 20.0. The average molecular weight is 417 g/mol. The number of hydrogen-bond donors (Lipinski definition) is 2. The Morgan fingerprint density at radius 2 is 1.61 bits per heavy atom. The Hall–Kier alpha value is -4.27. The molecular weight excluding hydrogens is 398 g/mol. The largest absolute Gasteiger partial charge is 0.344 e. The monoisotopic (exact) mass is 417 g/mol.